The number of carbonyl (C=O) groups excluding carboxylic acids is 1. The molecule has 7 heteroatoms. The van der Waals surface area contributed by atoms with E-state index < -0.39 is 11.9 Å². The Balaban J connectivity index is 2.02. The van der Waals surface area contributed by atoms with Crippen LogP contribution in [0.15, 0.2) is 29.3 Å². The predicted octanol–water partition coefficient (Wildman–Crippen LogP) is 2.30. The average molecular weight is 347 g/mol. The Morgan fingerprint density at radius 2 is 1.84 bits per heavy atom. The number of aliphatic imine (C=N–C) groups is 1. The van der Waals surface area contributed by atoms with Crippen molar-refractivity contribution in [1.82, 2.24) is 10.6 Å². The molecular weight excluding hydrogens is 322 g/mol. The highest BCUT2D eigenvalue weighted by molar-refractivity contribution is 5.90. The third kappa shape index (κ3) is 6.45. The summed E-state index contributed by atoms with van der Waals surface area (Å²) in [6.07, 6.45) is 6.16. The van der Waals surface area contributed by atoms with E-state index in [9.17, 15) is 9.59 Å². The van der Waals surface area contributed by atoms with E-state index in [1.165, 1.54) is 39.2 Å². The minimum atomic E-state index is -0.951. The van der Waals surface area contributed by atoms with Crippen molar-refractivity contribution < 1.29 is 19.4 Å². The van der Waals surface area contributed by atoms with Gasteiger partial charge in [0.05, 0.1) is 18.4 Å². The Morgan fingerprint density at radius 1 is 1.16 bits per heavy atom. The molecule has 0 bridgehead atoms. The number of nitrogens with zero attached hydrogens (tertiary/aromatic N) is 1. The molecule has 3 N–H and O–H groups in total. The minimum Gasteiger partial charge on any atom is -0.480 e. The van der Waals surface area contributed by atoms with Gasteiger partial charge < -0.3 is 20.5 Å². The maximum absolute atomic E-state index is 11.5. The van der Waals surface area contributed by atoms with Crippen molar-refractivity contribution in [3.63, 3.8) is 0 Å². The van der Waals surface area contributed by atoms with Crippen LogP contribution in [0.4, 0.5) is 5.69 Å². The fraction of sp³-hybridized carbons (Fsp3) is 0.500. The Bertz CT molecular complexity index is 607. The number of hydrogen-bond donors (Lipinski definition) is 3. The molecule has 0 saturated heterocycles. The van der Waals surface area contributed by atoms with Crippen molar-refractivity contribution in [2.24, 2.45) is 10.9 Å². The van der Waals surface area contributed by atoms with Gasteiger partial charge in [-0.3, -0.25) is 4.79 Å². The molecule has 0 amide bonds. The third-order valence-electron chi connectivity index (χ3n) is 4.22. The lowest BCUT2D eigenvalue weighted by atomic mass is 9.89. The molecule has 0 atom stereocenters. The van der Waals surface area contributed by atoms with Gasteiger partial charge >= 0.3 is 11.9 Å². The molecule has 1 aromatic carbocycles. The zero-order valence-corrected chi connectivity index (χ0v) is 14.5. The van der Waals surface area contributed by atoms with Crippen molar-refractivity contribution >= 4 is 23.6 Å². The highest BCUT2D eigenvalue weighted by atomic mass is 16.5. The second-order valence-electron chi connectivity index (χ2n) is 6.13. The molecule has 1 aliphatic carbocycles. The lowest BCUT2D eigenvalue weighted by Gasteiger charge is -2.22. The first-order valence-corrected chi connectivity index (χ1v) is 8.55. The highest BCUT2D eigenvalue weighted by Gasteiger charge is 2.14. The number of guanidine groups is 1. The molecule has 2 rings (SSSR count). The fourth-order valence-electron chi connectivity index (χ4n) is 2.85. The van der Waals surface area contributed by atoms with Crippen LogP contribution in [0.1, 0.15) is 42.5 Å². The molecular formula is C18H25N3O4. The Labute approximate surface area is 147 Å². The molecule has 0 aromatic heterocycles. The van der Waals surface area contributed by atoms with Crippen molar-refractivity contribution in [1.29, 1.82) is 0 Å². The van der Waals surface area contributed by atoms with Gasteiger partial charge in [-0.15, -0.1) is 0 Å². The number of carboxylic acid groups (broad SMARTS) is 1. The van der Waals surface area contributed by atoms with Crippen LogP contribution in [-0.2, 0) is 9.53 Å². The SMILES string of the molecule is COC(=O)c1ccc(N=C(NCC(=O)O)NCC2CCCCC2)cc1. The summed E-state index contributed by atoms with van der Waals surface area (Å²) in [7, 11) is 1.33. The molecule has 1 aromatic rings. The van der Waals surface area contributed by atoms with Gasteiger partial charge in [-0.1, -0.05) is 19.3 Å². The molecule has 136 valence electrons. The fourth-order valence-corrected chi connectivity index (χ4v) is 2.85. The smallest absolute Gasteiger partial charge is 0.337 e. The number of nitrogens with one attached hydrogen (secondary N) is 2. The molecule has 0 radical (unpaired) electrons. The van der Waals surface area contributed by atoms with Crippen LogP contribution in [0, 0.1) is 5.92 Å². The minimum absolute atomic E-state index is 0.212. The largest absolute Gasteiger partial charge is 0.480 e. The van der Waals surface area contributed by atoms with Crippen LogP contribution in [0.25, 0.3) is 0 Å². The third-order valence-corrected chi connectivity index (χ3v) is 4.22. The molecule has 1 aliphatic rings. The predicted molar refractivity (Wildman–Crippen MR) is 95.1 cm³/mol. The lowest BCUT2D eigenvalue weighted by Crippen LogP contribution is -2.42. The molecule has 1 fully saturated rings. The summed E-state index contributed by atoms with van der Waals surface area (Å²) < 4.78 is 4.66. The topological polar surface area (TPSA) is 100 Å². The lowest BCUT2D eigenvalue weighted by molar-refractivity contribution is -0.135. The monoisotopic (exact) mass is 347 g/mol. The van der Waals surface area contributed by atoms with Gasteiger partial charge in [0.2, 0.25) is 0 Å². The molecule has 0 spiro atoms. The summed E-state index contributed by atoms with van der Waals surface area (Å²) >= 11 is 0. The number of benzene rings is 1. The van der Waals surface area contributed by atoms with Crippen molar-refractivity contribution in [3.05, 3.63) is 29.8 Å². The summed E-state index contributed by atoms with van der Waals surface area (Å²) in [5, 5.41) is 14.9. The zero-order valence-electron chi connectivity index (χ0n) is 14.5. The number of methoxy groups -OCH3 is 1. The van der Waals surface area contributed by atoms with Gasteiger partial charge in [-0.05, 0) is 43.0 Å². The van der Waals surface area contributed by atoms with Crippen LogP contribution in [0.2, 0.25) is 0 Å². The van der Waals surface area contributed by atoms with E-state index >= 15 is 0 Å². The Hall–Kier alpha value is -2.57. The van der Waals surface area contributed by atoms with Crippen LogP contribution < -0.4 is 10.6 Å². The van der Waals surface area contributed by atoms with Crippen molar-refractivity contribution in [3.8, 4) is 0 Å². The van der Waals surface area contributed by atoms with Crippen molar-refractivity contribution in [2.75, 3.05) is 20.2 Å². The van der Waals surface area contributed by atoms with Gasteiger partial charge in [0.25, 0.3) is 0 Å². The second-order valence-corrected chi connectivity index (χ2v) is 6.13. The number of carbonyl (C=O) groups is 2. The summed E-state index contributed by atoms with van der Waals surface area (Å²) in [6, 6.07) is 6.63. The van der Waals surface area contributed by atoms with Gasteiger partial charge in [0, 0.05) is 6.54 Å². The summed E-state index contributed by atoms with van der Waals surface area (Å²) in [4.78, 5) is 26.7. The Morgan fingerprint density at radius 3 is 2.44 bits per heavy atom. The number of esters is 1. The molecule has 25 heavy (non-hydrogen) atoms. The van der Waals surface area contributed by atoms with Crippen LogP contribution in [0.3, 0.4) is 0 Å². The van der Waals surface area contributed by atoms with Crippen LogP contribution >= 0.6 is 0 Å². The average Bonchev–Trinajstić information content (AvgIpc) is 2.64. The molecule has 0 unspecified atom stereocenters. The van der Waals surface area contributed by atoms with Gasteiger partial charge in [-0.25, -0.2) is 9.79 Å². The first-order valence-electron chi connectivity index (χ1n) is 8.55. The highest BCUT2D eigenvalue weighted by Crippen LogP contribution is 2.22. The maximum Gasteiger partial charge on any atom is 0.337 e. The van der Waals surface area contributed by atoms with Crippen LogP contribution in [0.5, 0.6) is 0 Å². The van der Waals surface area contributed by atoms with E-state index in [1.807, 2.05) is 0 Å². The van der Waals surface area contributed by atoms with Crippen molar-refractivity contribution in [2.45, 2.75) is 32.1 Å². The number of aliphatic carboxylic acids is 1. The van der Waals surface area contributed by atoms with E-state index in [2.05, 4.69) is 20.4 Å². The van der Waals surface area contributed by atoms with Gasteiger partial charge in [0.1, 0.15) is 6.54 Å². The molecule has 0 heterocycles. The standard InChI is InChI=1S/C18H25N3O4/c1-25-17(24)14-7-9-15(10-8-14)21-18(20-12-16(22)23)19-11-13-5-3-2-4-6-13/h7-10,13H,2-6,11-12H2,1H3,(H,22,23)(H2,19,20,21). The maximum atomic E-state index is 11.5. The summed E-state index contributed by atoms with van der Waals surface area (Å²) in [5.41, 5.74) is 1.06. The van der Waals surface area contributed by atoms with Gasteiger partial charge in [0.15, 0.2) is 5.96 Å². The number of carboxylic acids is 1. The first kappa shape index (κ1) is 18.8. The van der Waals surface area contributed by atoms with E-state index in [1.54, 1.807) is 24.3 Å². The van der Waals surface area contributed by atoms with Gasteiger partial charge in [-0.2, -0.15) is 0 Å². The molecule has 7 nitrogen and oxygen atoms in total. The van der Waals surface area contributed by atoms with E-state index in [-0.39, 0.29) is 6.54 Å². The second kappa shape index (κ2) is 9.66. The Kier molecular flexibility index (Phi) is 7.25. The number of rotatable bonds is 6. The van der Waals surface area contributed by atoms with E-state index in [4.69, 9.17) is 5.11 Å². The summed E-state index contributed by atoms with van der Waals surface area (Å²) in [6.45, 7) is 0.558. The normalized spacial score (nSPS) is 15.5. The van der Waals surface area contributed by atoms with Crippen LogP contribution in [-0.4, -0.2) is 43.2 Å². The molecule has 1 saturated carbocycles. The molecule has 0 aliphatic heterocycles. The number of ether oxygens (including phenoxy) is 1. The first-order chi connectivity index (χ1) is 12.1. The zero-order chi connectivity index (χ0) is 18.1. The van der Waals surface area contributed by atoms with E-state index in [0.717, 1.165) is 6.54 Å². The quantitative estimate of drug-likeness (QED) is 0.415. The number of hydrogen-bond acceptors (Lipinski definition) is 4. The van der Waals surface area contributed by atoms with E-state index in [0.29, 0.717) is 23.1 Å². The summed E-state index contributed by atoms with van der Waals surface area (Å²) in [5.74, 6) is -0.338.